The lowest BCUT2D eigenvalue weighted by atomic mass is 10.00. The normalized spacial score (nSPS) is 18.8. The van der Waals surface area contributed by atoms with Gasteiger partial charge in [-0.3, -0.25) is 0 Å². The van der Waals surface area contributed by atoms with Gasteiger partial charge in [0.15, 0.2) is 0 Å². The summed E-state index contributed by atoms with van der Waals surface area (Å²) in [6.45, 7) is 0. The molecule has 0 fully saturated rings. The van der Waals surface area contributed by atoms with Gasteiger partial charge in [-0.15, -0.1) is 0 Å². The smallest absolute Gasteiger partial charge is 0.133 e. The lowest BCUT2D eigenvalue weighted by Crippen LogP contribution is -2.24. The Morgan fingerprint density at radius 2 is 1.95 bits per heavy atom. The Morgan fingerprint density at radius 3 is 2.68 bits per heavy atom. The maximum atomic E-state index is 13.6. The molecule has 0 saturated carbocycles. The average Bonchev–Trinajstić information content (AvgIpc) is 2.81. The monoisotopic (exact) mass is 262 g/mol. The van der Waals surface area contributed by atoms with Gasteiger partial charge in [0.25, 0.3) is 0 Å². The van der Waals surface area contributed by atoms with Crippen LogP contribution in [0.2, 0.25) is 0 Å². The molecule has 0 saturated heterocycles. The van der Waals surface area contributed by atoms with E-state index < -0.39 is 23.8 Å². The van der Waals surface area contributed by atoms with Crippen LogP contribution in [0.3, 0.4) is 0 Å². The van der Waals surface area contributed by atoms with Crippen LogP contribution in [0.5, 0.6) is 5.75 Å². The van der Waals surface area contributed by atoms with Crippen LogP contribution in [0.4, 0.5) is 8.78 Å². The third-order valence-corrected chi connectivity index (χ3v) is 3.31. The molecule has 1 aliphatic heterocycles. The van der Waals surface area contributed by atoms with Crippen molar-refractivity contribution < 1.29 is 18.6 Å². The van der Waals surface area contributed by atoms with E-state index in [1.54, 1.807) is 0 Å². The van der Waals surface area contributed by atoms with Crippen molar-refractivity contribution >= 4 is 0 Å². The first-order chi connectivity index (χ1) is 9.15. The highest BCUT2D eigenvalue weighted by atomic mass is 19.1. The predicted octanol–water partition coefficient (Wildman–Crippen LogP) is 3.00. The third-order valence-electron chi connectivity index (χ3n) is 3.31. The third kappa shape index (κ3) is 2.19. The molecular formula is C15H12F2O2. The second kappa shape index (κ2) is 4.63. The Morgan fingerprint density at radius 1 is 1.16 bits per heavy atom. The van der Waals surface area contributed by atoms with Gasteiger partial charge < -0.3 is 9.84 Å². The molecular weight excluding hydrogens is 250 g/mol. The first-order valence-electron chi connectivity index (χ1n) is 6.03. The fourth-order valence-electron chi connectivity index (χ4n) is 2.33. The SMILES string of the molecule is OC(c1ccc(F)cc1F)C1Cc2ccccc2O1. The van der Waals surface area contributed by atoms with Crippen molar-refractivity contribution in [3.63, 3.8) is 0 Å². The molecule has 0 spiro atoms. The van der Waals surface area contributed by atoms with Crippen LogP contribution in [0, 0.1) is 11.6 Å². The van der Waals surface area contributed by atoms with Gasteiger partial charge in [0.1, 0.15) is 29.6 Å². The summed E-state index contributed by atoms with van der Waals surface area (Å²) in [7, 11) is 0. The van der Waals surface area contributed by atoms with Crippen molar-refractivity contribution in [3.05, 3.63) is 65.2 Å². The van der Waals surface area contributed by atoms with E-state index >= 15 is 0 Å². The summed E-state index contributed by atoms with van der Waals surface area (Å²) in [4.78, 5) is 0. The van der Waals surface area contributed by atoms with E-state index in [1.807, 2.05) is 24.3 Å². The maximum absolute atomic E-state index is 13.6. The van der Waals surface area contributed by atoms with Crippen LogP contribution in [-0.2, 0) is 6.42 Å². The number of halogens is 2. The molecule has 0 amide bonds. The summed E-state index contributed by atoms with van der Waals surface area (Å²) in [5.41, 5.74) is 1.04. The van der Waals surface area contributed by atoms with E-state index in [0.717, 1.165) is 17.7 Å². The maximum Gasteiger partial charge on any atom is 0.133 e. The van der Waals surface area contributed by atoms with Gasteiger partial charge in [-0.2, -0.15) is 0 Å². The minimum atomic E-state index is -1.12. The Labute approximate surface area is 109 Å². The van der Waals surface area contributed by atoms with Gasteiger partial charge in [-0.1, -0.05) is 24.3 Å². The summed E-state index contributed by atoms with van der Waals surface area (Å²) in [6, 6.07) is 10.6. The van der Waals surface area contributed by atoms with Crippen molar-refractivity contribution in [2.45, 2.75) is 18.6 Å². The molecule has 0 aromatic heterocycles. The largest absolute Gasteiger partial charge is 0.487 e. The Hall–Kier alpha value is -1.94. The van der Waals surface area contributed by atoms with Gasteiger partial charge in [-0.05, 0) is 17.7 Å². The lowest BCUT2D eigenvalue weighted by Gasteiger charge is -2.18. The molecule has 2 atom stereocenters. The quantitative estimate of drug-likeness (QED) is 0.901. The van der Waals surface area contributed by atoms with E-state index in [-0.39, 0.29) is 5.56 Å². The van der Waals surface area contributed by atoms with E-state index in [9.17, 15) is 13.9 Å². The van der Waals surface area contributed by atoms with Crippen LogP contribution < -0.4 is 4.74 Å². The van der Waals surface area contributed by atoms with E-state index in [2.05, 4.69) is 0 Å². The standard InChI is InChI=1S/C15H12F2O2/c16-10-5-6-11(12(17)8-10)15(18)14-7-9-3-1-2-4-13(9)19-14/h1-6,8,14-15,18H,7H2. The van der Waals surface area contributed by atoms with E-state index in [0.29, 0.717) is 12.2 Å². The zero-order valence-corrected chi connectivity index (χ0v) is 10.0. The molecule has 2 unspecified atom stereocenters. The molecule has 98 valence electrons. The summed E-state index contributed by atoms with van der Waals surface area (Å²) >= 11 is 0. The number of ether oxygens (including phenoxy) is 1. The molecule has 0 radical (unpaired) electrons. The Kier molecular flexibility index (Phi) is 2.95. The summed E-state index contributed by atoms with van der Waals surface area (Å²) in [5.74, 6) is -0.717. The lowest BCUT2D eigenvalue weighted by molar-refractivity contribution is 0.0466. The highest BCUT2D eigenvalue weighted by molar-refractivity contribution is 5.38. The summed E-state index contributed by atoms with van der Waals surface area (Å²) in [6.07, 6.45) is -1.15. The first kappa shape index (κ1) is 12.1. The van der Waals surface area contributed by atoms with Crippen LogP contribution in [-0.4, -0.2) is 11.2 Å². The minimum Gasteiger partial charge on any atom is -0.487 e. The highest BCUT2D eigenvalue weighted by Crippen LogP contribution is 2.34. The van der Waals surface area contributed by atoms with Crippen LogP contribution in [0.15, 0.2) is 42.5 Å². The summed E-state index contributed by atoms with van der Waals surface area (Å²) in [5, 5.41) is 10.2. The fraction of sp³-hybridized carbons (Fsp3) is 0.200. The Bertz CT molecular complexity index is 588. The molecule has 1 aliphatic rings. The van der Waals surface area contributed by atoms with Gasteiger partial charge >= 0.3 is 0 Å². The van der Waals surface area contributed by atoms with Gasteiger partial charge in [0.2, 0.25) is 0 Å². The second-order valence-corrected chi connectivity index (χ2v) is 4.58. The molecule has 0 aliphatic carbocycles. The van der Waals surface area contributed by atoms with Crippen LogP contribution in [0.1, 0.15) is 17.2 Å². The van der Waals surface area contributed by atoms with Crippen molar-refractivity contribution in [2.75, 3.05) is 0 Å². The second-order valence-electron chi connectivity index (χ2n) is 4.58. The molecule has 2 aromatic rings. The van der Waals surface area contributed by atoms with E-state index in [4.69, 9.17) is 4.74 Å². The number of hydrogen-bond donors (Lipinski definition) is 1. The number of fused-ring (bicyclic) bond motifs is 1. The van der Waals surface area contributed by atoms with Gasteiger partial charge in [0.05, 0.1) is 0 Å². The van der Waals surface area contributed by atoms with E-state index in [1.165, 1.54) is 6.07 Å². The zero-order valence-electron chi connectivity index (χ0n) is 10.0. The number of aliphatic hydroxyl groups is 1. The molecule has 4 heteroatoms. The number of para-hydroxylation sites is 1. The van der Waals surface area contributed by atoms with Gasteiger partial charge in [0, 0.05) is 18.1 Å². The molecule has 1 N–H and O–H groups in total. The minimum absolute atomic E-state index is 0.0548. The van der Waals surface area contributed by atoms with Gasteiger partial charge in [-0.25, -0.2) is 8.78 Å². The van der Waals surface area contributed by atoms with Crippen molar-refractivity contribution in [3.8, 4) is 5.75 Å². The van der Waals surface area contributed by atoms with Crippen molar-refractivity contribution in [2.24, 2.45) is 0 Å². The van der Waals surface area contributed by atoms with Crippen LogP contribution in [0.25, 0.3) is 0 Å². The van der Waals surface area contributed by atoms with Crippen molar-refractivity contribution in [1.29, 1.82) is 0 Å². The Balaban J connectivity index is 1.85. The molecule has 19 heavy (non-hydrogen) atoms. The molecule has 2 aromatic carbocycles. The molecule has 2 nitrogen and oxygen atoms in total. The molecule has 0 bridgehead atoms. The molecule has 3 rings (SSSR count). The number of benzene rings is 2. The van der Waals surface area contributed by atoms with Crippen LogP contribution >= 0.6 is 0 Å². The first-order valence-corrected chi connectivity index (χ1v) is 6.03. The fourth-order valence-corrected chi connectivity index (χ4v) is 2.33. The summed E-state index contributed by atoms with van der Waals surface area (Å²) < 4.78 is 32.1. The highest BCUT2D eigenvalue weighted by Gasteiger charge is 2.31. The zero-order chi connectivity index (χ0) is 13.4. The topological polar surface area (TPSA) is 29.5 Å². The average molecular weight is 262 g/mol. The predicted molar refractivity (Wildman–Crippen MR) is 65.9 cm³/mol. The number of hydrogen-bond acceptors (Lipinski definition) is 2. The number of aliphatic hydroxyl groups excluding tert-OH is 1. The van der Waals surface area contributed by atoms with Crippen molar-refractivity contribution in [1.82, 2.24) is 0 Å². The molecule has 1 heterocycles. The number of rotatable bonds is 2.